The second-order valence-electron chi connectivity index (χ2n) is 3.00. The van der Waals surface area contributed by atoms with E-state index in [4.69, 9.17) is 9.84 Å². The zero-order valence-corrected chi connectivity index (χ0v) is 9.71. The molecule has 0 saturated carbocycles. The van der Waals surface area contributed by atoms with Gasteiger partial charge in [0.25, 0.3) is 0 Å². The minimum absolute atomic E-state index is 0.205. The van der Waals surface area contributed by atoms with Gasteiger partial charge in [-0.15, -0.1) is 0 Å². The highest BCUT2D eigenvalue weighted by atomic mass is 79.9. The van der Waals surface area contributed by atoms with E-state index in [0.29, 0.717) is 4.47 Å². The van der Waals surface area contributed by atoms with Crippen LogP contribution in [0.1, 0.15) is 6.42 Å². The Labute approximate surface area is 99.2 Å². The Bertz CT molecular complexity index is 384. The lowest BCUT2D eigenvalue weighted by atomic mass is 10.2. The Morgan fingerprint density at radius 3 is 2.75 bits per heavy atom. The first-order chi connectivity index (χ1) is 7.54. The van der Waals surface area contributed by atoms with Crippen LogP contribution in [0, 0.1) is 5.82 Å². The molecule has 16 heavy (non-hydrogen) atoms. The zero-order valence-electron chi connectivity index (χ0n) is 8.12. The third-order valence-electron chi connectivity index (χ3n) is 1.81. The molecule has 0 unspecified atom stereocenters. The van der Waals surface area contributed by atoms with Crippen LogP contribution in [0.3, 0.4) is 0 Å². The van der Waals surface area contributed by atoms with Crippen molar-refractivity contribution >= 4 is 21.9 Å². The second-order valence-corrected chi connectivity index (χ2v) is 3.91. The molecule has 0 spiro atoms. The van der Waals surface area contributed by atoms with Crippen LogP contribution in [-0.2, 0) is 4.79 Å². The Hall–Kier alpha value is -1.17. The van der Waals surface area contributed by atoms with E-state index in [1.807, 2.05) is 0 Å². The third kappa shape index (κ3) is 3.44. The van der Waals surface area contributed by atoms with Crippen LogP contribution < -0.4 is 4.74 Å². The molecule has 0 amide bonds. The van der Waals surface area contributed by atoms with E-state index in [-0.39, 0.29) is 12.2 Å². The highest BCUT2D eigenvalue weighted by molar-refractivity contribution is 9.10. The molecule has 0 saturated heterocycles. The van der Waals surface area contributed by atoms with E-state index in [2.05, 4.69) is 15.9 Å². The molecule has 0 bridgehead atoms. The maximum absolute atomic E-state index is 13.3. The van der Waals surface area contributed by atoms with Crippen LogP contribution in [0.4, 0.5) is 8.78 Å². The molecule has 0 aliphatic carbocycles. The number of hydrogen-bond acceptors (Lipinski definition) is 2. The van der Waals surface area contributed by atoms with Gasteiger partial charge in [0.1, 0.15) is 0 Å². The molecule has 1 aromatic carbocycles. The van der Waals surface area contributed by atoms with Gasteiger partial charge < -0.3 is 9.84 Å². The number of hydrogen-bond donors (Lipinski definition) is 1. The molecule has 1 atom stereocenters. The standard InChI is InChI=1S/C10H9BrF2O3/c11-6-1-2-8(7(13)5-6)16-9(3-4-12)10(14)15/h1-2,5,9H,3-4H2,(H,14,15)/t9-/m0/s1. The summed E-state index contributed by atoms with van der Waals surface area (Å²) < 4.78 is 30.7. The van der Waals surface area contributed by atoms with Crippen LogP contribution in [0.2, 0.25) is 0 Å². The van der Waals surface area contributed by atoms with Crippen LogP contribution >= 0.6 is 15.9 Å². The Morgan fingerprint density at radius 2 is 2.25 bits per heavy atom. The minimum atomic E-state index is -1.37. The predicted molar refractivity (Wildman–Crippen MR) is 56.7 cm³/mol. The summed E-state index contributed by atoms with van der Waals surface area (Å²) in [7, 11) is 0. The lowest BCUT2D eigenvalue weighted by molar-refractivity contribution is -0.145. The number of carbonyl (C=O) groups is 1. The number of aliphatic carboxylic acids is 1. The molecule has 0 fully saturated rings. The summed E-state index contributed by atoms with van der Waals surface area (Å²) >= 11 is 3.05. The van der Waals surface area contributed by atoms with E-state index < -0.39 is 24.6 Å². The van der Waals surface area contributed by atoms with Crippen LogP contribution in [0.25, 0.3) is 0 Å². The summed E-state index contributed by atoms with van der Waals surface area (Å²) in [4.78, 5) is 10.6. The molecule has 1 N–H and O–H groups in total. The van der Waals surface area contributed by atoms with Gasteiger partial charge >= 0.3 is 5.97 Å². The molecule has 0 heterocycles. The van der Waals surface area contributed by atoms with Gasteiger partial charge in [0.05, 0.1) is 6.67 Å². The molecule has 3 nitrogen and oxygen atoms in total. The van der Waals surface area contributed by atoms with Crippen molar-refractivity contribution in [1.82, 2.24) is 0 Å². The number of carboxylic acids is 1. The van der Waals surface area contributed by atoms with Crippen molar-refractivity contribution in [2.24, 2.45) is 0 Å². The average Bonchev–Trinajstić information content (AvgIpc) is 2.20. The van der Waals surface area contributed by atoms with Crippen molar-refractivity contribution in [1.29, 1.82) is 0 Å². The number of rotatable bonds is 5. The Balaban J connectivity index is 2.81. The van der Waals surface area contributed by atoms with Gasteiger partial charge in [-0.2, -0.15) is 0 Å². The molecule has 6 heteroatoms. The van der Waals surface area contributed by atoms with Crippen molar-refractivity contribution in [3.05, 3.63) is 28.5 Å². The summed E-state index contributed by atoms with van der Waals surface area (Å²) in [6, 6.07) is 3.93. The summed E-state index contributed by atoms with van der Waals surface area (Å²) in [5.74, 6) is -2.22. The van der Waals surface area contributed by atoms with Crippen molar-refractivity contribution in [2.45, 2.75) is 12.5 Å². The van der Waals surface area contributed by atoms with Gasteiger partial charge in [-0.3, -0.25) is 4.39 Å². The molecule has 0 aliphatic rings. The fourth-order valence-electron chi connectivity index (χ4n) is 1.06. The molecule has 0 aliphatic heterocycles. The first-order valence-electron chi connectivity index (χ1n) is 4.45. The fraction of sp³-hybridized carbons (Fsp3) is 0.300. The first kappa shape index (κ1) is 12.9. The number of ether oxygens (including phenoxy) is 1. The van der Waals surface area contributed by atoms with Gasteiger partial charge in [-0.1, -0.05) is 15.9 Å². The topological polar surface area (TPSA) is 46.5 Å². The van der Waals surface area contributed by atoms with Crippen LogP contribution in [0.5, 0.6) is 5.75 Å². The molecular formula is C10H9BrF2O3. The van der Waals surface area contributed by atoms with Gasteiger partial charge in [-0.25, -0.2) is 9.18 Å². The van der Waals surface area contributed by atoms with Crippen LogP contribution in [0.15, 0.2) is 22.7 Å². The summed E-state index contributed by atoms with van der Waals surface area (Å²) in [6.07, 6.45) is -1.69. The van der Waals surface area contributed by atoms with Crippen LogP contribution in [-0.4, -0.2) is 23.9 Å². The van der Waals surface area contributed by atoms with Crippen molar-refractivity contribution in [3.63, 3.8) is 0 Å². The van der Waals surface area contributed by atoms with Gasteiger partial charge in [-0.05, 0) is 18.2 Å². The lowest BCUT2D eigenvalue weighted by Gasteiger charge is -2.14. The van der Waals surface area contributed by atoms with Gasteiger partial charge in [0.2, 0.25) is 0 Å². The molecular weight excluding hydrogens is 286 g/mol. The second kappa shape index (κ2) is 5.79. The van der Waals surface area contributed by atoms with Gasteiger partial charge in [0.15, 0.2) is 17.7 Å². The van der Waals surface area contributed by atoms with E-state index in [1.165, 1.54) is 12.1 Å². The van der Waals surface area contributed by atoms with Crippen molar-refractivity contribution in [2.75, 3.05) is 6.67 Å². The highest BCUT2D eigenvalue weighted by Crippen LogP contribution is 2.23. The van der Waals surface area contributed by atoms with Gasteiger partial charge in [0, 0.05) is 10.9 Å². The minimum Gasteiger partial charge on any atom is -0.479 e. The fourth-order valence-corrected chi connectivity index (χ4v) is 1.39. The summed E-state index contributed by atoms with van der Waals surface area (Å²) in [5.41, 5.74) is 0. The first-order valence-corrected chi connectivity index (χ1v) is 5.24. The van der Waals surface area contributed by atoms with Crippen molar-refractivity contribution in [3.8, 4) is 5.75 Å². The maximum atomic E-state index is 13.3. The number of benzene rings is 1. The maximum Gasteiger partial charge on any atom is 0.344 e. The van der Waals surface area contributed by atoms with Crippen molar-refractivity contribution < 1.29 is 23.4 Å². The monoisotopic (exact) mass is 294 g/mol. The number of carboxylic acid groups (broad SMARTS) is 1. The quantitative estimate of drug-likeness (QED) is 0.908. The predicted octanol–water partition coefficient (Wildman–Crippen LogP) is 2.78. The third-order valence-corrected chi connectivity index (χ3v) is 2.30. The van der Waals surface area contributed by atoms with E-state index in [9.17, 15) is 13.6 Å². The lowest BCUT2D eigenvalue weighted by Crippen LogP contribution is -2.27. The Kier molecular flexibility index (Phi) is 4.67. The van der Waals surface area contributed by atoms with E-state index in [0.717, 1.165) is 6.07 Å². The normalized spacial score (nSPS) is 12.2. The largest absolute Gasteiger partial charge is 0.479 e. The molecule has 1 rings (SSSR count). The summed E-state index contributed by atoms with van der Waals surface area (Å²) in [6.45, 7) is -0.838. The van der Waals surface area contributed by atoms with E-state index in [1.54, 1.807) is 0 Å². The zero-order chi connectivity index (χ0) is 12.1. The number of halogens is 3. The Morgan fingerprint density at radius 1 is 1.56 bits per heavy atom. The molecule has 88 valence electrons. The smallest absolute Gasteiger partial charge is 0.344 e. The molecule has 0 radical (unpaired) electrons. The SMILES string of the molecule is O=C(O)[C@H](CCF)Oc1ccc(Br)cc1F. The average molecular weight is 295 g/mol. The highest BCUT2D eigenvalue weighted by Gasteiger charge is 2.20. The molecule has 1 aromatic rings. The number of alkyl halides is 1. The summed E-state index contributed by atoms with van der Waals surface area (Å²) in [5, 5.41) is 8.69. The molecule has 0 aromatic heterocycles. The van der Waals surface area contributed by atoms with E-state index >= 15 is 0 Å².